The minimum Gasteiger partial charge on any atom is -0.295 e. The molecule has 0 aromatic carbocycles. The van der Waals surface area contributed by atoms with Crippen molar-refractivity contribution in [2.75, 3.05) is 0 Å². The van der Waals surface area contributed by atoms with Gasteiger partial charge in [-0.25, -0.2) is 0 Å². The Bertz CT molecular complexity index is 161. The van der Waals surface area contributed by atoms with Crippen molar-refractivity contribution >= 4 is 5.78 Å². The van der Waals surface area contributed by atoms with Crippen molar-refractivity contribution < 1.29 is 4.79 Å². The number of hydrogen-bond donors (Lipinski definition) is 0. The van der Waals surface area contributed by atoms with Crippen LogP contribution in [0.4, 0.5) is 0 Å². The molecule has 5 nitrogen and oxygen atoms in total. The summed E-state index contributed by atoms with van der Waals surface area (Å²) in [5.74, 6) is -0.0417. The van der Waals surface area contributed by atoms with Gasteiger partial charge in [-0.05, 0) is 10.4 Å². The molecule has 0 radical (unpaired) electrons. The molecular weight excluding hydrogens is 120 g/mol. The smallest absolute Gasteiger partial charge is 0.242 e. The van der Waals surface area contributed by atoms with Crippen LogP contribution in [0.25, 0.3) is 0 Å². The second kappa shape index (κ2) is 2.43. The molecule has 0 N–H and O–H groups in total. The van der Waals surface area contributed by atoms with Crippen LogP contribution >= 0.6 is 0 Å². The largest absolute Gasteiger partial charge is 0.295 e. The average Bonchev–Trinajstić information content (AvgIpc) is 2.37. The van der Waals surface area contributed by atoms with Gasteiger partial charge in [-0.3, -0.25) is 4.79 Å². The molecule has 1 aliphatic rings. The second-order valence-electron chi connectivity index (χ2n) is 1.60. The molecule has 0 bridgehead atoms. The Hall–Kier alpha value is -1.13. The Morgan fingerprint density at radius 1 is 1.44 bits per heavy atom. The van der Waals surface area contributed by atoms with Crippen LogP contribution in [0.15, 0.2) is 20.7 Å². The summed E-state index contributed by atoms with van der Waals surface area (Å²) in [5, 5.41) is 13.3. The molecule has 0 saturated heterocycles. The van der Waals surface area contributed by atoms with E-state index in [0.717, 1.165) is 0 Å². The molecule has 0 unspecified atom stereocenters. The van der Waals surface area contributed by atoms with Gasteiger partial charge in [-0.2, -0.15) is 0 Å². The van der Waals surface area contributed by atoms with Gasteiger partial charge in [0.25, 0.3) is 0 Å². The number of carbonyl (C=O) groups is 1. The Balaban J connectivity index is 2.53. The second-order valence-corrected chi connectivity index (χ2v) is 1.60. The quantitative estimate of drug-likeness (QED) is 0.546. The van der Waals surface area contributed by atoms with Gasteiger partial charge in [0.2, 0.25) is 6.17 Å². The third kappa shape index (κ3) is 1.16. The highest BCUT2D eigenvalue weighted by Gasteiger charge is 2.16. The van der Waals surface area contributed by atoms with Gasteiger partial charge in [0.05, 0.1) is 0 Å². The lowest BCUT2D eigenvalue weighted by Gasteiger charge is -1.92. The molecule has 1 aliphatic heterocycles. The zero-order valence-electron chi connectivity index (χ0n) is 4.98. The summed E-state index contributed by atoms with van der Waals surface area (Å²) in [4.78, 5) is 10.7. The van der Waals surface area contributed by atoms with Gasteiger partial charge in [0.1, 0.15) is 0 Å². The van der Waals surface area contributed by atoms with Crippen LogP contribution in [-0.4, -0.2) is 11.9 Å². The number of hydrogen-bond acceptors (Lipinski definition) is 5. The number of Topliss-reactive ketones (excluding diaryl/α,β-unsaturated/α-hetero) is 1. The topological polar surface area (TPSA) is 66.5 Å². The number of nitrogens with zero attached hydrogens (tertiary/aromatic N) is 4. The van der Waals surface area contributed by atoms with E-state index in [9.17, 15) is 4.79 Å². The number of carbonyl (C=O) groups excluding carboxylic acids is 1. The molecule has 0 fully saturated rings. The third-order valence-electron chi connectivity index (χ3n) is 0.998. The summed E-state index contributed by atoms with van der Waals surface area (Å²) in [6, 6.07) is 0. The van der Waals surface area contributed by atoms with E-state index in [1.54, 1.807) is 6.92 Å². The summed E-state index contributed by atoms with van der Waals surface area (Å²) in [6.45, 7) is 1.76. The average molecular weight is 126 g/mol. The zero-order chi connectivity index (χ0) is 6.69. The summed E-state index contributed by atoms with van der Waals surface area (Å²) in [7, 11) is 0. The van der Waals surface area contributed by atoms with Crippen LogP contribution in [0.5, 0.6) is 0 Å². The lowest BCUT2D eigenvalue weighted by atomic mass is 10.3. The zero-order valence-corrected chi connectivity index (χ0v) is 4.98. The van der Waals surface area contributed by atoms with Crippen LogP contribution in [0.1, 0.15) is 13.3 Å². The van der Waals surface area contributed by atoms with Crippen molar-refractivity contribution in [1.29, 1.82) is 0 Å². The SMILES string of the molecule is CCC(=O)C1N=NN=N1. The summed E-state index contributed by atoms with van der Waals surface area (Å²) >= 11 is 0. The van der Waals surface area contributed by atoms with Gasteiger partial charge in [0.15, 0.2) is 5.78 Å². The Labute approximate surface area is 51.9 Å². The number of ketones is 1. The van der Waals surface area contributed by atoms with Crippen molar-refractivity contribution in [3.05, 3.63) is 0 Å². The summed E-state index contributed by atoms with van der Waals surface area (Å²) in [5.41, 5.74) is 0. The predicted octanol–water partition coefficient (Wildman–Crippen LogP) is 1.12. The van der Waals surface area contributed by atoms with E-state index >= 15 is 0 Å². The van der Waals surface area contributed by atoms with Crippen LogP contribution in [0.3, 0.4) is 0 Å². The van der Waals surface area contributed by atoms with E-state index in [1.165, 1.54) is 0 Å². The van der Waals surface area contributed by atoms with Crippen molar-refractivity contribution in [2.24, 2.45) is 20.7 Å². The van der Waals surface area contributed by atoms with Gasteiger partial charge in [0, 0.05) is 6.42 Å². The lowest BCUT2D eigenvalue weighted by Crippen LogP contribution is -2.11. The Morgan fingerprint density at radius 3 is 2.44 bits per heavy atom. The minimum absolute atomic E-state index is 0.0417. The van der Waals surface area contributed by atoms with E-state index in [0.29, 0.717) is 6.42 Å². The highest BCUT2D eigenvalue weighted by Crippen LogP contribution is 2.06. The minimum atomic E-state index is -0.644. The van der Waals surface area contributed by atoms with Crippen LogP contribution in [-0.2, 0) is 4.79 Å². The standard InChI is InChI=1S/C4H6N4O/c1-2-3(9)4-5-7-8-6-4/h4H,2H2,1H3. The number of rotatable bonds is 2. The van der Waals surface area contributed by atoms with E-state index in [-0.39, 0.29) is 5.78 Å². The molecule has 0 spiro atoms. The summed E-state index contributed by atoms with van der Waals surface area (Å²) < 4.78 is 0. The van der Waals surface area contributed by atoms with Crippen LogP contribution in [0, 0.1) is 0 Å². The third-order valence-corrected chi connectivity index (χ3v) is 0.998. The molecule has 0 amide bonds. The molecule has 0 aliphatic carbocycles. The van der Waals surface area contributed by atoms with Crippen molar-refractivity contribution in [3.8, 4) is 0 Å². The predicted molar refractivity (Wildman–Crippen MR) is 28.8 cm³/mol. The highest BCUT2D eigenvalue weighted by molar-refractivity contribution is 5.83. The molecule has 0 aromatic rings. The molecular formula is C4H6N4O. The molecule has 1 heterocycles. The molecule has 1 rings (SSSR count). The van der Waals surface area contributed by atoms with Crippen molar-refractivity contribution in [2.45, 2.75) is 19.5 Å². The van der Waals surface area contributed by atoms with Gasteiger partial charge < -0.3 is 0 Å². The van der Waals surface area contributed by atoms with Crippen molar-refractivity contribution in [1.82, 2.24) is 0 Å². The highest BCUT2D eigenvalue weighted by atomic mass is 16.1. The van der Waals surface area contributed by atoms with E-state index in [2.05, 4.69) is 20.7 Å². The molecule has 0 saturated carbocycles. The molecule has 0 atom stereocenters. The van der Waals surface area contributed by atoms with Crippen molar-refractivity contribution in [3.63, 3.8) is 0 Å². The van der Waals surface area contributed by atoms with E-state index in [1.807, 2.05) is 0 Å². The Kier molecular flexibility index (Phi) is 1.62. The Morgan fingerprint density at radius 2 is 2.00 bits per heavy atom. The first kappa shape index (κ1) is 6.00. The maximum atomic E-state index is 10.7. The first-order valence-corrected chi connectivity index (χ1v) is 2.67. The molecule has 0 aromatic heterocycles. The normalized spacial score (nSPS) is 17.0. The maximum absolute atomic E-state index is 10.7. The van der Waals surface area contributed by atoms with Gasteiger partial charge >= 0.3 is 0 Å². The lowest BCUT2D eigenvalue weighted by molar-refractivity contribution is -0.119. The first-order chi connectivity index (χ1) is 4.34. The van der Waals surface area contributed by atoms with E-state index < -0.39 is 6.17 Å². The van der Waals surface area contributed by atoms with E-state index in [4.69, 9.17) is 0 Å². The first-order valence-electron chi connectivity index (χ1n) is 2.67. The van der Waals surface area contributed by atoms with Gasteiger partial charge in [-0.1, -0.05) is 6.92 Å². The molecule has 48 valence electrons. The van der Waals surface area contributed by atoms with Crippen LogP contribution in [0.2, 0.25) is 0 Å². The maximum Gasteiger partial charge on any atom is 0.242 e. The molecule has 9 heavy (non-hydrogen) atoms. The van der Waals surface area contributed by atoms with Crippen LogP contribution < -0.4 is 0 Å². The molecule has 5 heteroatoms. The fourth-order valence-corrected chi connectivity index (χ4v) is 0.478. The fraction of sp³-hybridized carbons (Fsp3) is 0.750. The fourth-order valence-electron chi connectivity index (χ4n) is 0.478. The monoisotopic (exact) mass is 126 g/mol. The van der Waals surface area contributed by atoms with Gasteiger partial charge in [-0.15, -0.1) is 10.2 Å². The summed E-state index contributed by atoms with van der Waals surface area (Å²) in [6.07, 6.45) is -0.210.